The van der Waals surface area contributed by atoms with Gasteiger partial charge in [-0.15, -0.1) is 0 Å². The predicted molar refractivity (Wildman–Crippen MR) is 79.9 cm³/mol. The van der Waals surface area contributed by atoms with Crippen LogP contribution in [0.4, 0.5) is 5.69 Å². The van der Waals surface area contributed by atoms with Crippen LogP contribution >= 0.6 is 15.9 Å². The fourth-order valence-electron chi connectivity index (χ4n) is 1.88. The van der Waals surface area contributed by atoms with Gasteiger partial charge in [0.1, 0.15) is 4.60 Å². The van der Waals surface area contributed by atoms with E-state index in [1.165, 1.54) is 5.56 Å². The number of nitrogens with one attached hydrogen (secondary N) is 1. The standard InChI is InChI=1S/C15H17BrN2/c1-12-14(9-10-15(16)18-12)17-11-5-8-13-6-3-2-4-7-13/h2-4,6-7,9-10,17H,5,8,11H2,1H3. The minimum Gasteiger partial charge on any atom is -0.384 e. The lowest BCUT2D eigenvalue weighted by molar-refractivity contribution is 0.861. The van der Waals surface area contributed by atoms with Crippen molar-refractivity contribution in [1.82, 2.24) is 4.98 Å². The van der Waals surface area contributed by atoms with Gasteiger partial charge in [-0.2, -0.15) is 0 Å². The van der Waals surface area contributed by atoms with Crippen molar-refractivity contribution in [3.8, 4) is 0 Å². The fourth-order valence-corrected chi connectivity index (χ4v) is 2.28. The van der Waals surface area contributed by atoms with Gasteiger partial charge in [0.15, 0.2) is 0 Å². The Bertz CT molecular complexity index is 497. The Balaban J connectivity index is 1.79. The first kappa shape index (κ1) is 13.1. The summed E-state index contributed by atoms with van der Waals surface area (Å²) in [6, 6.07) is 14.6. The Labute approximate surface area is 117 Å². The molecular weight excluding hydrogens is 288 g/mol. The normalized spacial score (nSPS) is 10.3. The Morgan fingerprint density at radius 1 is 1.11 bits per heavy atom. The highest BCUT2D eigenvalue weighted by molar-refractivity contribution is 9.10. The van der Waals surface area contributed by atoms with Crippen LogP contribution in [-0.4, -0.2) is 11.5 Å². The zero-order chi connectivity index (χ0) is 12.8. The van der Waals surface area contributed by atoms with E-state index in [0.717, 1.165) is 35.4 Å². The fraction of sp³-hybridized carbons (Fsp3) is 0.267. The number of aromatic nitrogens is 1. The topological polar surface area (TPSA) is 24.9 Å². The van der Waals surface area contributed by atoms with Gasteiger partial charge in [0.25, 0.3) is 0 Å². The first-order valence-electron chi connectivity index (χ1n) is 6.16. The largest absolute Gasteiger partial charge is 0.384 e. The molecular formula is C15H17BrN2. The molecule has 1 aromatic heterocycles. The maximum Gasteiger partial charge on any atom is 0.106 e. The number of rotatable bonds is 5. The van der Waals surface area contributed by atoms with Crippen LogP contribution in [0.25, 0.3) is 0 Å². The smallest absolute Gasteiger partial charge is 0.106 e. The van der Waals surface area contributed by atoms with Gasteiger partial charge in [-0.3, -0.25) is 0 Å². The van der Waals surface area contributed by atoms with Crippen LogP contribution in [0.2, 0.25) is 0 Å². The number of anilines is 1. The second-order valence-electron chi connectivity index (χ2n) is 4.28. The highest BCUT2D eigenvalue weighted by atomic mass is 79.9. The second-order valence-corrected chi connectivity index (χ2v) is 5.10. The minimum atomic E-state index is 0.884. The number of nitrogens with zero attached hydrogens (tertiary/aromatic N) is 1. The van der Waals surface area contributed by atoms with Crippen LogP contribution in [0.5, 0.6) is 0 Å². The van der Waals surface area contributed by atoms with Crippen molar-refractivity contribution in [1.29, 1.82) is 0 Å². The highest BCUT2D eigenvalue weighted by Gasteiger charge is 1.99. The van der Waals surface area contributed by atoms with Crippen molar-refractivity contribution in [2.24, 2.45) is 0 Å². The lowest BCUT2D eigenvalue weighted by Gasteiger charge is -2.09. The molecule has 0 radical (unpaired) electrons. The summed E-state index contributed by atoms with van der Waals surface area (Å²) in [5.41, 5.74) is 3.54. The van der Waals surface area contributed by atoms with Crippen molar-refractivity contribution >= 4 is 21.6 Å². The second kappa shape index (κ2) is 6.55. The SMILES string of the molecule is Cc1nc(Br)ccc1NCCCc1ccccc1. The van der Waals surface area contributed by atoms with Gasteiger partial charge in [-0.1, -0.05) is 30.3 Å². The lowest BCUT2D eigenvalue weighted by Crippen LogP contribution is -2.05. The average Bonchev–Trinajstić information content (AvgIpc) is 2.38. The number of hydrogen-bond donors (Lipinski definition) is 1. The monoisotopic (exact) mass is 304 g/mol. The number of benzene rings is 1. The van der Waals surface area contributed by atoms with Crippen LogP contribution in [0.15, 0.2) is 47.1 Å². The average molecular weight is 305 g/mol. The Hall–Kier alpha value is -1.35. The van der Waals surface area contributed by atoms with E-state index < -0.39 is 0 Å². The van der Waals surface area contributed by atoms with Crippen LogP contribution in [0.3, 0.4) is 0 Å². The molecule has 0 amide bonds. The molecule has 0 atom stereocenters. The van der Waals surface area contributed by atoms with E-state index >= 15 is 0 Å². The van der Waals surface area contributed by atoms with Gasteiger partial charge in [0.2, 0.25) is 0 Å². The van der Waals surface area contributed by atoms with Crippen molar-refractivity contribution < 1.29 is 0 Å². The number of hydrogen-bond acceptors (Lipinski definition) is 2. The third kappa shape index (κ3) is 3.84. The molecule has 2 nitrogen and oxygen atoms in total. The zero-order valence-corrected chi connectivity index (χ0v) is 12.1. The molecule has 0 aliphatic rings. The minimum absolute atomic E-state index is 0.884. The summed E-state index contributed by atoms with van der Waals surface area (Å²) in [7, 11) is 0. The molecule has 0 saturated heterocycles. The van der Waals surface area contributed by atoms with E-state index in [1.807, 2.05) is 13.0 Å². The van der Waals surface area contributed by atoms with Gasteiger partial charge < -0.3 is 5.32 Å². The molecule has 1 heterocycles. The Kier molecular flexibility index (Phi) is 4.76. The summed E-state index contributed by atoms with van der Waals surface area (Å²) >= 11 is 3.37. The number of halogens is 1. The first-order chi connectivity index (χ1) is 8.75. The molecule has 0 unspecified atom stereocenters. The van der Waals surface area contributed by atoms with Gasteiger partial charge in [-0.25, -0.2) is 4.98 Å². The van der Waals surface area contributed by atoms with Crippen molar-refractivity contribution in [3.63, 3.8) is 0 Å². The maximum absolute atomic E-state index is 4.36. The third-order valence-electron chi connectivity index (χ3n) is 2.85. The molecule has 0 aliphatic heterocycles. The molecule has 1 N–H and O–H groups in total. The van der Waals surface area contributed by atoms with Crippen molar-refractivity contribution in [2.75, 3.05) is 11.9 Å². The van der Waals surface area contributed by atoms with Gasteiger partial charge in [0, 0.05) is 6.54 Å². The number of aryl methyl sites for hydroxylation is 2. The van der Waals surface area contributed by atoms with E-state index in [0.29, 0.717) is 0 Å². The van der Waals surface area contributed by atoms with E-state index in [1.54, 1.807) is 0 Å². The molecule has 1 aromatic carbocycles. The molecule has 0 bridgehead atoms. The van der Waals surface area contributed by atoms with E-state index in [4.69, 9.17) is 0 Å². The molecule has 94 valence electrons. The molecule has 0 fully saturated rings. The summed E-state index contributed by atoms with van der Waals surface area (Å²) in [5, 5.41) is 3.43. The Morgan fingerprint density at radius 3 is 2.61 bits per heavy atom. The quantitative estimate of drug-likeness (QED) is 0.661. The maximum atomic E-state index is 4.36. The molecule has 18 heavy (non-hydrogen) atoms. The van der Waals surface area contributed by atoms with E-state index in [-0.39, 0.29) is 0 Å². The summed E-state index contributed by atoms with van der Waals surface area (Å²) in [4.78, 5) is 4.36. The van der Waals surface area contributed by atoms with Gasteiger partial charge in [-0.05, 0) is 53.4 Å². The third-order valence-corrected chi connectivity index (χ3v) is 3.29. The summed E-state index contributed by atoms with van der Waals surface area (Å²) in [6.45, 7) is 2.99. The van der Waals surface area contributed by atoms with Gasteiger partial charge in [0.05, 0.1) is 11.4 Å². The van der Waals surface area contributed by atoms with E-state index in [2.05, 4.69) is 62.6 Å². The molecule has 0 aliphatic carbocycles. The van der Waals surface area contributed by atoms with Crippen LogP contribution < -0.4 is 5.32 Å². The lowest BCUT2D eigenvalue weighted by atomic mass is 10.1. The van der Waals surface area contributed by atoms with Crippen molar-refractivity contribution in [3.05, 3.63) is 58.3 Å². The van der Waals surface area contributed by atoms with E-state index in [9.17, 15) is 0 Å². The predicted octanol–water partition coefficient (Wildman–Crippen LogP) is 4.20. The highest BCUT2D eigenvalue weighted by Crippen LogP contribution is 2.16. The molecule has 0 saturated carbocycles. The summed E-state index contributed by atoms with van der Waals surface area (Å²) in [6.07, 6.45) is 2.23. The van der Waals surface area contributed by atoms with Crippen LogP contribution in [-0.2, 0) is 6.42 Å². The summed E-state index contributed by atoms with van der Waals surface area (Å²) < 4.78 is 0.884. The Morgan fingerprint density at radius 2 is 1.89 bits per heavy atom. The summed E-state index contributed by atoms with van der Waals surface area (Å²) in [5.74, 6) is 0. The number of pyridine rings is 1. The van der Waals surface area contributed by atoms with Crippen LogP contribution in [0, 0.1) is 6.92 Å². The van der Waals surface area contributed by atoms with Crippen LogP contribution in [0.1, 0.15) is 17.7 Å². The molecule has 0 spiro atoms. The van der Waals surface area contributed by atoms with Crippen molar-refractivity contribution in [2.45, 2.75) is 19.8 Å². The van der Waals surface area contributed by atoms with Gasteiger partial charge >= 0.3 is 0 Å². The molecule has 3 heteroatoms. The molecule has 2 rings (SSSR count). The first-order valence-corrected chi connectivity index (χ1v) is 6.96. The zero-order valence-electron chi connectivity index (χ0n) is 10.5. The molecule has 2 aromatic rings.